The summed E-state index contributed by atoms with van der Waals surface area (Å²) in [5, 5.41) is 5.80. The lowest BCUT2D eigenvalue weighted by Gasteiger charge is -2.33. The maximum absolute atomic E-state index is 14.8. The molecule has 0 spiro atoms. The van der Waals surface area contributed by atoms with E-state index in [4.69, 9.17) is 0 Å². The van der Waals surface area contributed by atoms with Crippen molar-refractivity contribution in [1.82, 2.24) is 29.2 Å². The molecule has 3 aromatic rings. The molecule has 0 aromatic carbocycles. The van der Waals surface area contributed by atoms with Crippen molar-refractivity contribution in [2.75, 3.05) is 11.9 Å². The zero-order valence-electron chi connectivity index (χ0n) is 19.2. The second-order valence-corrected chi connectivity index (χ2v) is 8.62. The van der Waals surface area contributed by atoms with Crippen molar-refractivity contribution in [3.8, 4) is 5.82 Å². The lowest BCUT2D eigenvalue weighted by molar-refractivity contribution is -0.141. The van der Waals surface area contributed by atoms with Crippen LogP contribution >= 0.6 is 0 Å². The zero-order chi connectivity index (χ0) is 25.5. The number of imidazole rings is 1. The van der Waals surface area contributed by atoms with E-state index in [0.29, 0.717) is 12.2 Å². The van der Waals surface area contributed by atoms with Gasteiger partial charge < -0.3 is 10.2 Å². The number of hydrogen-bond donors (Lipinski definition) is 1. The Morgan fingerprint density at radius 1 is 1.23 bits per heavy atom. The van der Waals surface area contributed by atoms with Gasteiger partial charge in [-0.05, 0) is 32.8 Å². The van der Waals surface area contributed by atoms with Crippen LogP contribution in [0.3, 0.4) is 0 Å². The van der Waals surface area contributed by atoms with Crippen molar-refractivity contribution in [3.05, 3.63) is 53.8 Å². The fraction of sp³-hybridized carbons (Fsp3) is 0.409. The van der Waals surface area contributed by atoms with Gasteiger partial charge in [0.05, 0.1) is 23.1 Å². The SMILES string of the molecule is CC(=O)N1CCCC1(C)c1cn(-c2ncc(NC(=O)Cn3nc(C(F)(F)F)cc3C)cc2F)cn1. The number of nitrogens with one attached hydrogen (secondary N) is 1. The number of likely N-dealkylation sites (tertiary alicyclic amines) is 1. The van der Waals surface area contributed by atoms with E-state index in [1.54, 1.807) is 11.1 Å². The van der Waals surface area contributed by atoms with Crippen LogP contribution in [0.25, 0.3) is 5.82 Å². The van der Waals surface area contributed by atoms with Crippen LogP contribution < -0.4 is 5.32 Å². The van der Waals surface area contributed by atoms with Gasteiger partial charge >= 0.3 is 6.18 Å². The van der Waals surface area contributed by atoms with Crippen LogP contribution in [0, 0.1) is 12.7 Å². The molecule has 1 saturated heterocycles. The van der Waals surface area contributed by atoms with Gasteiger partial charge in [0.25, 0.3) is 0 Å². The molecule has 3 aromatic heterocycles. The second-order valence-electron chi connectivity index (χ2n) is 8.62. The van der Waals surface area contributed by atoms with Gasteiger partial charge in [0.1, 0.15) is 12.9 Å². The van der Waals surface area contributed by atoms with E-state index < -0.39 is 35.7 Å². The highest BCUT2D eigenvalue weighted by Crippen LogP contribution is 2.38. The first-order valence-electron chi connectivity index (χ1n) is 10.8. The fourth-order valence-electron chi connectivity index (χ4n) is 4.29. The number of halogens is 4. The molecule has 13 heteroatoms. The van der Waals surface area contributed by atoms with Crippen molar-refractivity contribution >= 4 is 17.5 Å². The number of nitrogens with zero attached hydrogens (tertiary/aromatic N) is 6. The van der Waals surface area contributed by atoms with E-state index in [1.807, 2.05) is 6.92 Å². The predicted octanol–water partition coefficient (Wildman–Crippen LogP) is 3.43. The van der Waals surface area contributed by atoms with Gasteiger partial charge in [-0.1, -0.05) is 0 Å². The number of hydrogen-bond acceptors (Lipinski definition) is 5. The number of carbonyl (C=O) groups excluding carboxylic acids is 2. The Kier molecular flexibility index (Phi) is 6.11. The van der Waals surface area contributed by atoms with Crippen molar-refractivity contribution in [3.63, 3.8) is 0 Å². The van der Waals surface area contributed by atoms with Crippen molar-refractivity contribution in [2.45, 2.75) is 51.9 Å². The Hall–Kier alpha value is -3.77. The number of amides is 2. The summed E-state index contributed by atoms with van der Waals surface area (Å²) in [6.45, 7) is 4.94. The monoisotopic (exact) mass is 493 g/mol. The highest BCUT2D eigenvalue weighted by Gasteiger charge is 2.41. The maximum Gasteiger partial charge on any atom is 0.435 e. The van der Waals surface area contributed by atoms with Crippen molar-refractivity contribution in [2.24, 2.45) is 0 Å². The molecule has 1 atom stereocenters. The van der Waals surface area contributed by atoms with E-state index in [0.717, 1.165) is 29.7 Å². The molecule has 0 aliphatic carbocycles. The molecule has 0 bridgehead atoms. The van der Waals surface area contributed by atoms with Crippen molar-refractivity contribution in [1.29, 1.82) is 0 Å². The van der Waals surface area contributed by atoms with E-state index in [1.165, 1.54) is 30.9 Å². The molecule has 1 N–H and O–H groups in total. The molecule has 35 heavy (non-hydrogen) atoms. The fourth-order valence-corrected chi connectivity index (χ4v) is 4.29. The molecule has 1 fully saturated rings. The number of pyridine rings is 1. The molecule has 0 radical (unpaired) electrons. The quantitative estimate of drug-likeness (QED) is 0.550. The molecule has 2 amide bonds. The lowest BCUT2D eigenvalue weighted by atomic mass is 9.95. The average Bonchev–Trinajstić information content (AvgIpc) is 3.47. The minimum absolute atomic E-state index is 0.0305. The Balaban J connectivity index is 1.48. The third kappa shape index (κ3) is 4.75. The molecular formula is C22H23F4N7O2. The zero-order valence-corrected chi connectivity index (χ0v) is 19.2. The summed E-state index contributed by atoms with van der Waals surface area (Å²) >= 11 is 0. The second kappa shape index (κ2) is 8.78. The first-order chi connectivity index (χ1) is 16.4. The molecule has 1 unspecified atom stereocenters. The van der Waals surface area contributed by atoms with E-state index in [9.17, 15) is 27.2 Å². The van der Waals surface area contributed by atoms with Gasteiger partial charge in [-0.25, -0.2) is 14.4 Å². The third-order valence-electron chi connectivity index (χ3n) is 6.07. The number of anilines is 1. The smallest absolute Gasteiger partial charge is 0.332 e. The van der Waals surface area contributed by atoms with E-state index >= 15 is 0 Å². The molecule has 1 aliphatic rings. The first-order valence-corrected chi connectivity index (χ1v) is 10.8. The van der Waals surface area contributed by atoms with E-state index in [2.05, 4.69) is 20.4 Å². The molecule has 4 heterocycles. The number of aromatic nitrogens is 5. The minimum Gasteiger partial charge on any atom is -0.332 e. The molecule has 0 saturated carbocycles. The Morgan fingerprint density at radius 3 is 2.60 bits per heavy atom. The Labute approximate surface area is 197 Å². The summed E-state index contributed by atoms with van der Waals surface area (Å²) < 4.78 is 55.5. The largest absolute Gasteiger partial charge is 0.435 e. The van der Waals surface area contributed by atoms with Gasteiger partial charge in [0.2, 0.25) is 11.8 Å². The summed E-state index contributed by atoms with van der Waals surface area (Å²) in [6.07, 6.45) is 1.18. The predicted molar refractivity (Wildman–Crippen MR) is 116 cm³/mol. The highest BCUT2D eigenvalue weighted by molar-refractivity contribution is 5.90. The van der Waals surface area contributed by atoms with Crippen LogP contribution in [-0.4, -0.2) is 47.6 Å². The summed E-state index contributed by atoms with van der Waals surface area (Å²) in [5.74, 6) is -1.57. The molecule has 4 rings (SSSR count). The van der Waals surface area contributed by atoms with E-state index in [-0.39, 0.29) is 23.1 Å². The Bertz CT molecular complexity index is 1280. The first kappa shape index (κ1) is 24.4. The maximum atomic E-state index is 14.8. The summed E-state index contributed by atoms with van der Waals surface area (Å²) in [4.78, 5) is 34.4. The van der Waals surface area contributed by atoms with Gasteiger partial charge in [0.15, 0.2) is 17.3 Å². The molecule has 9 nitrogen and oxygen atoms in total. The van der Waals surface area contributed by atoms with Crippen LogP contribution in [-0.2, 0) is 27.8 Å². The lowest BCUT2D eigenvalue weighted by Crippen LogP contribution is -2.41. The number of aryl methyl sites for hydroxylation is 1. The normalized spacial score (nSPS) is 18.2. The summed E-state index contributed by atoms with van der Waals surface area (Å²) in [5.41, 5.74) is -0.905. The van der Waals surface area contributed by atoms with Gasteiger partial charge in [-0.15, -0.1) is 0 Å². The molecular weight excluding hydrogens is 470 g/mol. The third-order valence-corrected chi connectivity index (χ3v) is 6.07. The highest BCUT2D eigenvalue weighted by atomic mass is 19.4. The van der Waals surface area contributed by atoms with Gasteiger partial charge in [-0.3, -0.25) is 18.8 Å². The number of alkyl halides is 3. The topological polar surface area (TPSA) is 97.9 Å². The van der Waals surface area contributed by atoms with Crippen LogP contribution in [0.5, 0.6) is 0 Å². The summed E-state index contributed by atoms with van der Waals surface area (Å²) in [7, 11) is 0. The molecule has 1 aliphatic heterocycles. The van der Waals surface area contributed by atoms with Crippen LogP contribution in [0.15, 0.2) is 30.9 Å². The number of carbonyl (C=O) groups is 2. The van der Waals surface area contributed by atoms with Crippen molar-refractivity contribution < 1.29 is 27.2 Å². The van der Waals surface area contributed by atoms with Crippen LogP contribution in [0.4, 0.5) is 23.2 Å². The van der Waals surface area contributed by atoms with Gasteiger partial charge in [0, 0.05) is 31.4 Å². The van der Waals surface area contributed by atoms with Crippen LogP contribution in [0.1, 0.15) is 43.8 Å². The number of rotatable bonds is 5. The molecule has 186 valence electrons. The van der Waals surface area contributed by atoms with Gasteiger partial charge in [-0.2, -0.15) is 18.3 Å². The Morgan fingerprint density at radius 2 is 1.97 bits per heavy atom. The standard InChI is InChI=1S/C22H23F4N7O2/c1-13-7-17(22(24,25)26)30-33(13)11-19(35)29-15-8-16(23)20(27-9-15)31-10-18(28-12-31)21(3)5-4-6-32(21)14(2)34/h7-10,12H,4-6,11H2,1-3H3,(H,29,35). The van der Waals surface area contributed by atoms with Crippen LogP contribution in [0.2, 0.25) is 0 Å². The average molecular weight is 493 g/mol. The summed E-state index contributed by atoms with van der Waals surface area (Å²) in [6, 6.07) is 1.89. The minimum atomic E-state index is -4.62.